The Balaban J connectivity index is 2.50. The second kappa shape index (κ2) is 6.06. The summed E-state index contributed by atoms with van der Waals surface area (Å²) in [6.07, 6.45) is 1.37. The van der Waals surface area contributed by atoms with Crippen LogP contribution in [-0.2, 0) is 11.2 Å². The minimum atomic E-state index is -0.363. The van der Waals surface area contributed by atoms with Gasteiger partial charge in [-0.3, -0.25) is 0 Å². The Bertz CT molecular complexity index is 298. The fourth-order valence-corrected chi connectivity index (χ4v) is 1.42. The van der Waals surface area contributed by atoms with Crippen molar-refractivity contribution in [2.45, 2.75) is 25.8 Å². The number of carbonyl (C=O) groups is 1. The van der Waals surface area contributed by atoms with Crippen LogP contribution in [0.5, 0.6) is 0 Å². The van der Waals surface area contributed by atoms with Crippen molar-refractivity contribution in [2.24, 2.45) is 0 Å². The third kappa shape index (κ3) is 4.02. The van der Waals surface area contributed by atoms with Gasteiger partial charge in [-0.25, -0.2) is 4.79 Å². The van der Waals surface area contributed by atoms with Crippen LogP contribution in [0.4, 0.5) is 4.79 Å². The molecule has 0 heterocycles. The molecule has 0 saturated carbocycles. The van der Waals surface area contributed by atoms with Crippen LogP contribution in [0.3, 0.4) is 0 Å². The van der Waals surface area contributed by atoms with Gasteiger partial charge in [-0.2, -0.15) is 0 Å². The number of nitrogens with one attached hydrogen (secondary N) is 1. The number of alkyl carbamates (subject to hydrolysis) is 1. The normalized spacial score (nSPS) is 11.9. The summed E-state index contributed by atoms with van der Waals surface area (Å²) in [5, 5.41) is 2.80. The van der Waals surface area contributed by atoms with Crippen molar-refractivity contribution in [3.63, 3.8) is 0 Å². The number of amides is 1. The number of rotatable bonds is 4. The van der Waals surface area contributed by atoms with Crippen LogP contribution >= 0.6 is 0 Å². The highest BCUT2D eigenvalue weighted by atomic mass is 16.5. The van der Waals surface area contributed by atoms with Gasteiger partial charge in [-0.05, 0) is 18.4 Å². The molecule has 15 heavy (non-hydrogen) atoms. The summed E-state index contributed by atoms with van der Waals surface area (Å²) in [6, 6.07) is 10.2. The fourth-order valence-electron chi connectivity index (χ4n) is 1.42. The Hall–Kier alpha value is -1.51. The molecule has 1 rings (SSSR count). The molecule has 82 valence electrons. The van der Waals surface area contributed by atoms with E-state index >= 15 is 0 Å². The second-order valence-electron chi connectivity index (χ2n) is 3.43. The van der Waals surface area contributed by atoms with Crippen LogP contribution in [0.1, 0.15) is 18.9 Å². The zero-order chi connectivity index (χ0) is 11.1. The molecule has 0 aliphatic rings. The molecule has 0 aromatic heterocycles. The molecule has 1 N–H and O–H groups in total. The van der Waals surface area contributed by atoms with Crippen LogP contribution in [0, 0.1) is 0 Å². The van der Waals surface area contributed by atoms with Gasteiger partial charge < -0.3 is 10.1 Å². The summed E-state index contributed by atoms with van der Waals surface area (Å²) >= 11 is 0. The van der Waals surface area contributed by atoms with E-state index in [1.54, 1.807) is 0 Å². The molecule has 0 bridgehead atoms. The summed E-state index contributed by atoms with van der Waals surface area (Å²) in [5.74, 6) is 0. The Morgan fingerprint density at radius 2 is 2.07 bits per heavy atom. The van der Waals surface area contributed by atoms with Gasteiger partial charge in [0.15, 0.2) is 0 Å². The quantitative estimate of drug-likeness (QED) is 0.823. The summed E-state index contributed by atoms with van der Waals surface area (Å²) in [5.41, 5.74) is 1.22. The van der Waals surface area contributed by atoms with E-state index in [2.05, 4.69) is 22.2 Å². The molecule has 1 aromatic rings. The minimum Gasteiger partial charge on any atom is -0.453 e. The maximum atomic E-state index is 11.0. The van der Waals surface area contributed by atoms with Crippen LogP contribution in [0.15, 0.2) is 30.3 Å². The molecule has 3 heteroatoms. The number of hydrogen-bond acceptors (Lipinski definition) is 2. The fraction of sp³-hybridized carbons (Fsp3) is 0.417. The number of hydrogen-bond donors (Lipinski definition) is 1. The molecule has 0 aliphatic heterocycles. The molecule has 3 nitrogen and oxygen atoms in total. The predicted octanol–water partition coefficient (Wildman–Crippen LogP) is 2.36. The molecular weight excluding hydrogens is 190 g/mol. The first kappa shape index (κ1) is 11.6. The van der Waals surface area contributed by atoms with Crippen molar-refractivity contribution >= 4 is 6.09 Å². The monoisotopic (exact) mass is 207 g/mol. The molecular formula is C12H17NO2. The predicted molar refractivity (Wildman–Crippen MR) is 59.8 cm³/mol. The molecule has 1 aromatic carbocycles. The smallest absolute Gasteiger partial charge is 0.407 e. The van der Waals surface area contributed by atoms with Crippen molar-refractivity contribution in [3.05, 3.63) is 35.9 Å². The molecule has 0 fully saturated rings. The maximum Gasteiger partial charge on any atom is 0.407 e. The minimum absolute atomic E-state index is 0.139. The van der Waals surface area contributed by atoms with Crippen LogP contribution in [-0.4, -0.2) is 19.2 Å². The van der Waals surface area contributed by atoms with Crippen LogP contribution in [0.2, 0.25) is 0 Å². The third-order valence-electron chi connectivity index (χ3n) is 2.33. The lowest BCUT2D eigenvalue weighted by molar-refractivity contribution is 0.166. The van der Waals surface area contributed by atoms with E-state index < -0.39 is 0 Å². The van der Waals surface area contributed by atoms with E-state index in [-0.39, 0.29) is 12.1 Å². The van der Waals surface area contributed by atoms with Gasteiger partial charge in [0, 0.05) is 6.04 Å². The average Bonchev–Trinajstić information content (AvgIpc) is 2.29. The van der Waals surface area contributed by atoms with E-state index in [9.17, 15) is 4.79 Å². The Morgan fingerprint density at radius 3 is 2.60 bits per heavy atom. The van der Waals surface area contributed by atoms with E-state index in [1.165, 1.54) is 12.7 Å². The molecule has 0 radical (unpaired) electrons. The second-order valence-corrected chi connectivity index (χ2v) is 3.43. The first-order valence-electron chi connectivity index (χ1n) is 5.14. The van der Waals surface area contributed by atoms with E-state index in [4.69, 9.17) is 0 Å². The lowest BCUT2D eigenvalue weighted by atomic mass is 10.0. The Labute approximate surface area is 90.4 Å². The van der Waals surface area contributed by atoms with Gasteiger partial charge in [0.2, 0.25) is 0 Å². The first-order chi connectivity index (χ1) is 7.26. The van der Waals surface area contributed by atoms with Gasteiger partial charge in [0.05, 0.1) is 7.11 Å². The van der Waals surface area contributed by atoms with Crippen molar-refractivity contribution in [2.75, 3.05) is 7.11 Å². The van der Waals surface area contributed by atoms with Gasteiger partial charge in [-0.1, -0.05) is 37.3 Å². The van der Waals surface area contributed by atoms with Gasteiger partial charge in [0.1, 0.15) is 0 Å². The number of ether oxygens (including phenoxy) is 1. The van der Waals surface area contributed by atoms with Crippen molar-refractivity contribution in [1.29, 1.82) is 0 Å². The highest BCUT2D eigenvalue weighted by molar-refractivity contribution is 5.67. The number of carbonyl (C=O) groups excluding carboxylic acids is 1. The van der Waals surface area contributed by atoms with Crippen molar-refractivity contribution < 1.29 is 9.53 Å². The molecule has 0 saturated heterocycles. The number of methoxy groups -OCH3 is 1. The van der Waals surface area contributed by atoms with Crippen LogP contribution < -0.4 is 5.32 Å². The van der Waals surface area contributed by atoms with Crippen LogP contribution in [0.25, 0.3) is 0 Å². The summed E-state index contributed by atoms with van der Waals surface area (Å²) in [6.45, 7) is 2.05. The maximum absolute atomic E-state index is 11.0. The zero-order valence-electron chi connectivity index (χ0n) is 9.19. The third-order valence-corrected chi connectivity index (χ3v) is 2.33. The molecule has 1 atom stereocenters. The topological polar surface area (TPSA) is 38.3 Å². The van der Waals surface area contributed by atoms with Gasteiger partial charge >= 0.3 is 6.09 Å². The Morgan fingerprint density at radius 1 is 1.40 bits per heavy atom. The Kier molecular flexibility index (Phi) is 4.68. The van der Waals surface area contributed by atoms with Crippen molar-refractivity contribution in [1.82, 2.24) is 5.32 Å². The zero-order valence-corrected chi connectivity index (χ0v) is 9.19. The lowest BCUT2D eigenvalue weighted by Crippen LogP contribution is -2.35. The highest BCUT2D eigenvalue weighted by Crippen LogP contribution is 2.05. The summed E-state index contributed by atoms with van der Waals surface area (Å²) < 4.78 is 4.57. The largest absolute Gasteiger partial charge is 0.453 e. The summed E-state index contributed by atoms with van der Waals surface area (Å²) in [4.78, 5) is 11.0. The molecule has 0 spiro atoms. The van der Waals surface area contributed by atoms with Crippen molar-refractivity contribution in [3.8, 4) is 0 Å². The van der Waals surface area contributed by atoms with E-state index in [0.717, 1.165) is 12.8 Å². The molecule has 0 aliphatic carbocycles. The average molecular weight is 207 g/mol. The standard InChI is InChI=1S/C12H17NO2/c1-3-11(13-12(14)15-2)9-10-7-5-4-6-8-10/h4-8,11H,3,9H2,1-2H3,(H,13,14)/t11-/m0/s1. The molecule has 0 unspecified atom stereocenters. The lowest BCUT2D eigenvalue weighted by Gasteiger charge is -2.15. The molecule has 1 amide bonds. The number of benzene rings is 1. The summed E-state index contributed by atoms with van der Waals surface area (Å²) in [7, 11) is 1.38. The highest BCUT2D eigenvalue weighted by Gasteiger charge is 2.10. The first-order valence-corrected chi connectivity index (χ1v) is 5.14. The SMILES string of the molecule is CC[C@@H](Cc1ccccc1)NC(=O)OC. The van der Waals surface area contributed by atoms with Gasteiger partial charge in [-0.15, -0.1) is 0 Å². The van der Waals surface area contributed by atoms with E-state index in [1.807, 2.05) is 25.1 Å². The van der Waals surface area contributed by atoms with Gasteiger partial charge in [0.25, 0.3) is 0 Å². The van der Waals surface area contributed by atoms with E-state index in [0.29, 0.717) is 0 Å².